The highest BCUT2D eigenvalue weighted by Gasteiger charge is 2.41. The van der Waals surface area contributed by atoms with Crippen LogP contribution in [0.1, 0.15) is 44.1 Å². The van der Waals surface area contributed by atoms with E-state index in [1.54, 1.807) is 11.8 Å². The molecule has 1 aromatic carbocycles. The Balaban J connectivity index is 1.43. The number of nitrogens with one attached hydrogen (secondary N) is 1. The number of likely N-dealkylation sites (tertiary alicyclic amines) is 1. The summed E-state index contributed by atoms with van der Waals surface area (Å²) in [6, 6.07) is 8.15. The van der Waals surface area contributed by atoms with Crippen molar-refractivity contribution in [1.82, 2.24) is 15.1 Å². The predicted molar refractivity (Wildman–Crippen MR) is 126 cm³/mol. The van der Waals surface area contributed by atoms with Crippen molar-refractivity contribution in [3.05, 3.63) is 39.2 Å². The van der Waals surface area contributed by atoms with E-state index in [4.69, 9.17) is 0 Å². The zero-order valence-electron chi connectivity index (χ0n) is 17.3. The Morgan fingerprint density at radius 2 is 2.00 bits per heavy atom. The number of halogens is 1. The molecule has 3 aliphatic rings. The molecule has 7 heteroatoms. The normalized spacial score (nSPS) is 26.1. The lowest BCUT2D eigenvalue weighted by Gasteiger charge is -2.43. The number of hydrogen-bond donors (Lipinski definition) is 1. The molecular formula is C23H30BrN3O2S. The van der Waals surface area contributed by atoms with E-state index >= 15 is 0 Å². The van der Waals surface area contributed by atoms with Crippen molar-refractivity contribution in [3.8, 4) is 0 Å². The maximum Gasteiger partial charge on any atom is 0.261 e. The van der Waals surface area contributed by atoms with Crippen LogP contribution in [0.5, 0.6) is 0 Å². The highest BCUT2D eigenvalue weighted by molar-refractivity contribution is 9.10. The molecular weight excluding hydrogens is 462 g/mol. The van der Waals surface area contributed by atoms with Crippen LogP contribution >= 0.6 is 27.7 Å². The molecule has 1 N–H and O–H groups in total. The summed E-state index contributed by atoms with van der Waals surface area (Å²) < 4.78 is 0.995. The Hall–Kier alpha value is -1.31. The Morgan fingerprint density at radius 1 is 1.20 bits per heavy atom. The summed E-state index contributed by atoms with van der Waals surface area (Å²) in [4.78, 5) is 31.0. The Bertz CT molecular complexity index is 809. The highest BCUT2D eigenvalue weighted by Crippen LogP contribution is 2.42. The Kier molecular flexibility index (Phi) is 7.55. The Labute approximate surface area is 191 Å². The molecule has 2 saturated heterocycles. The molecule has 0 aromatic heterocycles. The molecule has 2 atom stereocenters. The SMILES string of the molecule is O=C(CN1C(=O)/C(=C\c2cccc(Br)c2)SC2CCCCC21)NCCN1CCCC1. The largest absolute Gasteiger partial charge is 0.353 e. The summed E-state index contributed by atoms with van der Waals surface area (Å²) in [5, 5.41) is 3.42. The van der Waals surface area contributed by atoms with Gasteiger partial charge in [0.1, 0.15) is 6.54 Å². The zero-order chi connectivity index (χ0) is 20.9. The van der Waals surface area contributed by atoms with Crippen molar-refractivity contribution in [2.75, 3.05) is 32.7 Å². The van der Waals surface area contributed by atoms with Crippen LogP contribution in [0.3, 0.4) is 0 Å². The van der Waals surface area contributed by atoms with Gasteiger partial charge in [0.05, 0.1) is 4.91 Å². The van der Waals surface area contributed by atoms with Crippen molar-refractivity contribution in [2.45, 2.75) is 49.8 Å². The summed E-state index contributed by atoms with van der Waals surface area (Å²) in [5.41, 5.74) is 1.00. The fourth-order valence-corrected chi connectivity index (χ4v) is 6.57. The van der Waals surface area contributed by atoms with Crippen LogP contribution in [0.4, 0.5) is 0 Å². The topological polar surface area (TPSA) is 52.7 Å². The molecule has 1 saturated carbocycles. The standard InChI is InChI=1S/C23H30BrN3O2S/c24-18-7-5-6-17(14-18)15-21-23(29)27(19-8-1-2-9-20(19)30-21)16-22(28)25-10-13-26-11-3-4-12-26/h5-7,14-15,19-20H,1-4,8-13,16H2,(H,25,28)/b21-15+. The van der Waals surface area contributed by atoms with Gasteiger partial charge >= 0.3 is 0 Å². The third kappa shape index (κ3) is 5.48. The number of hydrogen-bond acceptors (Lipinski definition) is 4. The molecule has 1 aliphatic carbocycles. The van der Waals surface area contributed by atoms with Gasteiger partial charge in [-0.2, -0.15) is 0 Å². The summed E-state index contributed by atoms with van der Waals surface area (Å²) in [6.07, 6.45) is 8.91. The second-order valence-electron chi connectivity index (χ2n) is 8.40. The molecule has 1 aromatic rings. The van der Waals surface area contributed by atoms with Gasteiger partial charge in [-0.05, 0) is 62.5 Å². The molecule has 0 bridgehead atoms. The molecule has 2 amide bonds. The number of rotatable bonds is 6. The molecule has 4 rings (SSSR count). The number of amides is 2. The van der Waals surface area contributed by atoms with Crippen molar-refractivity contribution < 1.29 is 9.59 Å². The van der Waals surface area contributed by atoms with Gasteiger partial charge in [0, 0.05) is 28.9 Å². The molecule has 0 radical (unpaired) electrons. The van der Waals surface area contributed by atoms with Gasteiger partial charge in [-0.25, -0.2) is 0 Å². The van der Waals surface area contributed by atoms with Gasteiger partial charge in [0.2, 0.25) is 5.91 Å². The molecule has 0 spiro atoms. The average Bonchev–Trinajstić information content (AvgIpc) is 3.25. The lowest BCUT2D eigenvalue weighted by molar-refractivity contribution is -0.135. The van der Waals surface area contributed by atoms with E-state index in [0.717, 1.165) is 53.8 Å². The average molecular weight is 492 g/mol. The van der Waals surface area contributed by atoms with Gasteiger partial charge in [-0.1, -0.05) is 40.9 Å². The van der Waals surface area contributed by atoms with E-state index in [1.807, 2.05) is 35.2 Å². The van der Waals surface area contributed by atoms with Crippen LogP contribution in [-0.4, -0.2) is 65.6 Å². The van der Waals surface area contributed by atoms with Crippen LogP contribution in [0.15, 0.2) is 33.6 Å². The molecule has 5 nitrogen and oxygen atoms in total. The van der Waals surface area contributed by atoms with E-state index in [9.17, 15) is 9.59 Å². The van der Waals surface area contributed by atoms with Gasteiger partial charge in [-0.15, -0.1) is 11.8 Å². The molecule has 2 unspecified atom stereocenters. The summed E-state index contributed by atoms with van der Waals surface area (Å²) in [5.74, 6) is -0.0432. The quantitative estimate of drug-likeness (QED) is 0.613. The van der Waals surface area contributed by atoms with Gasteiger partial charge < -0.3 is 15.1 Å². The first-order valence-electron chi connectivity index (χ1n) is 11.0. The van der Waals surface area contributed by atoms with Crippen LogP contribution in [-0.2, 0) is 9.59 Å². The summed E-state index contributed by atoms with van der Waals surface area (Å²) in [7, 11) is 0. The first kappa shape index (κ1) is 21.9. The molecule has 162 valence electrons. The summed E-state index contributed by atoms with van der Waals surface area (Å²) >= 11 is 5.21. The van der Waals surface area contributed by atoms with E-state index in [0.29, 0.717) is 11.8 Å². The second kappa shape index (κ2) is 10.3. The Morgan fingerprint density at radius 3 is 2.80 bits per heavy atom. The number of thioether (sulfide) groups is 1. The second-order valence-corrected chi connectivity index (χ2v) is 10.6. The fraction of sp³-hybridized carbons (Fsp3) is 0.565. The highest BCUT2D eigenvalue weighted by atomic mass is 79.9. The zero-order valence-corrected chi connectivity index (χ0v) is 19.7. The minimum Gasteiger partial charge on any atom is -0.353 e. The number of benzene rings is 1. The minimum atomic E-state index is -0.0411. The third-order valence-corrected chi connectivity index (χ3v) is 8.12. The molecule has 2 aliphatic heterocycles. The smallest absolute Gasteiger partial charge is 0.261 e. The lowest BCUT2D eigenvalue weighted by atomic mass is 9.93. The fourth-order valence-electron chi connectivity index (χ4n) is 4.68. The molecule has 3 fully saturated rings. The first-order valence-corrected chi connectivity index (χ1v) is 12.7. The monoisotopic (exact) mass is 491 g/mol. The molecule has 30 heavy (non-hydrogen) atoms. The van der Waals surface area contributed by atoms with Crippen LogP contribution in [0.25, 0.3) is 6.08 Å². The van der Waals surface area contributed by atoms with E-state index < -0.39 is 0 Å². The van der Waals surface area contributed by atoms with Crippen molar-refractivity contribution in [1.29, 1.82) is 0 Å². The molecule has 2 heterocycles. The van der Waals surface area contributed by atoms with Crippen LogP contribution in [0.2, 0.25) is 0 Å². The van der Waals surface area contributed by atoms with E-state index in [-0.39, 0.29) is 24.4 Å². The number of carbonyl (C=O) groups excluding carboxylic acids is 2. The number of carbonyl (C=O) groups is 2. The van der Waals surface area contributed by atoms with Gasteiger partial charge in [0.25, 0.3) is 5.91 Å². The number of fused-ring (bicyclic) bond motifs is 1. The minimum absolute atomic E-state index is 0.00202. The van der Waals surface area contributed by atoms with Gasteiger partial charge in [-0.3, -0.25) is 9.59 Å². The van der Waals surface area contributed by atoms with Crippen LogP contribution < -0.4 is 5.32 Å². The van der Waals surface area contributed by atoms with Crippen molar-refractivity contribution in [3.63, 3.8) is 0 Å². The maximum absolute atomic E-state index is 13.3. The number of nitrogens with zero attached hydrogens (tertiary/aromatic N) is 2. The lowest BCUT2D eigenvalue weighted by Crippen LogP contribution is -2.54. The first-order chi connectivity index (χ1) is 14.6. The van der Waals surface area contributed by atoms with E-state index in [2.05, 4.69) is 26.1 Å². The predicted octanol–water partition coefficient (Wildman–Crippen LogP) is 3.89. The van der Waals surface area contributed by atoms with E-state index in [1.165, 1.54) is 19.3 Å². The summed E-state index contributed by atoms with van der Waals surface area (Å²) in [6.45, 7) is 3.98. The van der Waals surface area contributed by atoms with Gasteiger partial charge in [0.15, 0.2) is 0 Å². The van der Waals surface area contributed by atoms with Crippen molar-refractivity contribution in [2.24, 2.45) is 0 Å². The maximum atomic E-state index is 13.3. The third-order valence-electron chi connectivity index (χ3n) is 6.23. The van der Waals surface area contributed by atoms with Crippen molar-refractivity contribution >= 4 is 45.6 Å². The van der Waals surface area contributed by atoms with Crippen LogP contribution in [0, 0.1) is 0 Å².